The van der Waals surface area contributed by atoms with Crippen LogP contribution in [0, 0.1) is 0 Å². The van der Waals surface area contributed by atoms with Crippen LogP contribution >= 0.6 is 8.73 Å². The first-order chi connectivity index (χ1) is 10.5. The van der Waals surface area contributed by atoms with Crippen LogP contribution in [-0.4, -0.2) is 21.5 Å². The summed E-state index contributed by atoms with van der Waals surface area (Å²) in [6.45, 7) is 6.35. The van der Waals surface area contributed by atoms with E-state index in [1.54, 1.807) is 0 Å². The highest BCUT2D eigenvalue weighted by atomic mass is 31.1. The number of fused-ring (bicyclic) bond motifs is 1. The van der Waals surface area contributed by atoms with Crippen molar-refractivity contribution in [3.8, 4) is 11.3 Å². The Morgan fingerprint density at radius 2 is 1.86 bits per heavy atom. The fourth-order valence-electron chi connectivity index (χ4n) is 2.93. The average molecular weight is 311 g/mol. The number of nitrogens with zero attached hydrogens (tertiary/aromatic N) is 2. The second-order valence-corrected chi connectivity index (χ2v) is 7.19. The van der Waals surface area contributed by atoms with Gasteiger partial charge in [0.1, 0.15) is 5.65 Å². The Labute approximate surface area is 133 Å². The van der Waals surface area contributed by atoms with E-state index in [9.17, 15) is 0 Å². The van der Waals surface area contributed by atoms with Gasteiger partial charge in [-0.3, -0.25) is 0 Å². The molecule has 3 rings (SSSR count). The molecular formula is C18H22N3P. The molecule has 0 amide bonds. The zero-order valence-electron chi connectivity index (χ0n) is 13.3. The lowest BCUT2D eigenvalue weighted by Gasteiger charge is -2.20. The minimum absolute atomic E-state index is 0.255. The SMILES string of the molecule is CPn1c(-c2ccccc2)c(CC(C)(C)N)c2cccnc21. The molecule has 0 aliphatic carbocycles. The summed E-state index contributed by atoms with van der Waals surface area (Å²) in [5.41, 5.74) is 10.9. The molecule has 0 aliphatic heterocycles. The first-order valence-electron chi connectivity index (χ1n) is 7.51. The summed E-state index contributed by atoms with van der Waals surface area (Å²) in [4.78, 5) is 4.62. The van der Waals surface area contributed by atoms with Gasteiger partial charge in [-0.15, -0.1) is 0 Å². The van der Waals surface area contributed by atoms with Gasteiger partial charge in [-0.2, -0.15) is 0 Å². The summed E-state index contributed by atoms with van der Waals surface area (Å²) < 4.78 is 2.33. The Kier molecular flexibility index (Phi) is 4.03. The van der Waals surface area contributed by atoms with E-state index in [0.29, 0.717) is 8.73 Å². The number of benzene rings is 1. The Hall–Kier alpha value is -1.70. The molecule has 1 aromatic carbocycles. The summed E-state index contributed by atoms with van der Waals surface area (Å²) in [5, 5.41) is 1.22. The number of hydrogen-bond donors (Lipinski definition) is 1. The first-order valence-corrected chi connectivity index (χ1v) is 8.96. The lowest BCUT2D eigenvalue weighted by Crippen LogP contribution is -2.34. The fraction of sp³-hybridized carbons (Fsp3) is 0.278. The summed E-state index contributed by atoms with van der Waals surface area (Å²) >= 11 is 0. The molecule has 2 N–H and O–H groups in total. The van der Waals surface area contributed by atoms with Gasteiger partial charge in [0.2, 0.25) is 0 Å². The highest BCUT2D eigenvalue weighted by Gasteiger charge is 2.23. The Bertz CT molecular complexity index is 785. The van der Waals surface area contributed by atoms with Crippen molar-refractivity contribution in [3.63, 3.8) is 0 Å². The van der Waals surface area contributed by atoms with Crippen LogP contribution in [-0.2, 0) is 6.42 Å². The largest absolute Gasteiger partial charge is 0.325 e. The quantitative estimate of drug-likeness (QED) is 0.739. The van der Waals surface area contributed by atoms with Crippen molar-refractivity contribution in [1.82, 2.24) is 9.32 Å². The van der Waals surface area contributed by atoms with Crippen LogP contribution in [0.3, 0.4) is 0 Å². The molecule has 0 radical (unpaired) electrons. The van der Waals surface area contributed by atoms with E-state index in [-0.39, 0.29) is 5.54 Å². The molecule has 0 saturated carbocycles. The number of hydrogen-bond acceptors (Lipinski definition) is 2. The molecule has 0 bridgehead atoms. The minimum Gasteiger partial charge on any atom is -0.325 e. The smallest absolute Gasteiger partial charge is 0.143 e. The Morgan fingerprint density at radius 3 is 2.50 bits per heavy atom. The zero-order valence-corrected chi connectivity index (χ0v) is 14.3. The number of pyridine rings is 1. The van der Waals surface area contributed by atoms with Gasteiger partial charge >= 0.3 is 0 Å². The predicted molar refractivity (Wildman–Crippen MR) is 96.8 cm³/mol. The minimum atomic E-state index is -0.255. The molecular weight excluding hydrogens is 289 g/mol. The monoisotopic (exact) mass is 311 g/mol. The molecule has 1 unspecified atom stereocenters. The van der Waals surface area contributed by atoms with Crippen molar-refractivity contribution >= 4 is 19.8 Å². The van der Waals surface area contributed by atoms with Crippen LogP contribution in [0.5, 0.6) is 0 Å². The fourth-order valence-corrected chi connectivity index (χ4v) is 3.81. The first kappa shape index (κ1) is 15.2. The highest BCUT2D eigenvalue weighted by Crippen LogP contribution is 2.38. The highest BCUT2D eigenvalue weighted by molar-refractivity contribution is 7.35. The van der Waals surface area contributed by atoms with Gasteiger partial charge in [0, 0.05) is 17.1 Å². The molecule has 22 heavy (non-hydrogen) atoms. The third-order valence-electron chi connectivity index (χ3n) is 3.74. The van der Waals surface area contributed by atoms with Crippen LogP contribution in [0.25, 0.3) is 22.3 Å². The van der Waals surface area contributed by atoms with E-state index in [4.69, 9.17) is 5.73 Å². The lowest BCUT2D eigenvalue weighted by atomic mass is 9.93. The van der Waals surface area contributed by atoms with Crippen LogP contribution < -0.4 is 5.73 Å². The molecule has 2 aromatic heterocycles. The number of aromatic nitrogens is 2. The van der Waals surface area contributed by atoms with E-state index >= 15 is 0 Å². The molecule has 0 saturated heterocycles. The van der Waals surface area contributed by atoms with Crippen LogP contribution in [0.2, 0.25) is 0 Å². The van der Waals surface area contributed by atoms with Gasteiger partial charge in [-0.25, -0.2) is 4.98 Å². The third-order valence-corrected chi connectivity index (χ3v) is 4.62. The van der Waals surface area contributed by atoms with Gasteiger partial charge < -0.3 is 10.1 Å². The number of rotatable bonds is 4. The van der Waals surface area contributed by atoms with Crippen LogP contribution in [0.4, 0.5) is 0 Å². The topological polar surface area (TPSA) is 43.8 Å². The Morgan fingerprint density at radius 1 is 1.14 bits per heavy atom. The van der Waals surface area contributed by atoms with Crippen LogP contribution in [0.15, 0.2) is 48.7 Å². The third kappa shape index (κ3) is 2.79. The van der Waals surface area contributed by atoms with Crippen molar-refractivity contribution < 1.29 is 0 Å². The van der Waals surface area contributed by atoms with E-state index in [2.05, 4.69) is 66.2 Å². The molecule has 3 aromatic rings. The van der Waals surface area contributed by atoms with Crippen LogP contribution in [0.1, 0.15) is 19.4 Å². The summed E-state index contributed by atoms with van der Waals surface area (Å²) in [6.07, 6.45) is 2.70. The maximum atomic E-state index is 6.33. The molecule has 0 fully saturated rings. The maximum absolute atomic E-state index is 6.33. The molecule has 0 spiro atoms. The second kappa shape index (κ2) is 5.83. The van der Waals surface area contributed by atoms with E-state index in [0.717, 1.165) is 12.1 Å². The van der Waals surface area contributed by atoms with Crippen molar-refractivity contribution in [2.24, 2.45) is 5.73 Å². The van der Waals surface area contributed by atoms with Gasteiger partial charge in [0.05, 0.1) is 5.69 Å². The predicted octanol–water partition coefficient (Wildman–Crippen LogP) is 4.05. The van der Waals surface area contributed by atoms with Gasteiger partial charge in [-0.05, 0) is 58.9 Å². The van der Waals surface area contributed by atoms with Gasteiger partial charge in [-0.1, -0.05) is 30.3 Å². The normalized spacial score (nSPS) is 12.5. The molecule has 114 valence electrons. The van der Waals surface area contributed by atoms with E-state index in [1.165, 1.54) is 22.2 Å². The van der Waals surface area contributed by atoms with Crippen molar-refractivity contribution in [3.05, 3.63) is 54.2 Å². The summed E-state index contributed by atoms with van der Waals surface area (Å²) in [5.74, 6) is 0. The summed E-state index contributed by atoms with van der Waals surface area (Å²) in [6, 6.07) is 14.7. The number of nitrogens with two attached hydrogens (primary N) is 1. The van der Waals surface area contributed by atoms with Gasteiger partial charge in [0.15, 0.2) is 0 Å². The molecule has 3 nitrogen and oxygen atoms in total. The maximum Gasteiger partial charge on any atom is 0.143 e. The van der Waals surface area contributed by atoms with E-state index < -0.39 is 0 Å². The molecule has 1 atom stereocenters. The molecule has 4 heteroatoms. The standard InChI is InChI=1S/C18H22N3P/c1-18(2,19)12-15-14-10-7-11-20-17(14)21(22-3)16(15)13-8-5-4-6-9-13/h4-11,22H,12,19H2,1-3H3. The van der Waals surface area contributed by atoms with Crippen molar-refractivity contribution in [1.29, 1.82) is 0 Å². The average Bonchev–Trinajstić information content (AvgIpc) is 2.80. The lowest BCUT2D eigenvalue weighted by molar-refractivity contribution is 0.519. The summed E-state index contributed by atoms with van der Waals surface area (Å²) in [7, 11) is 0.629. The van der Waals surface area contributed by atoms with Crippen molar-refractivity contribution in [2.45, 2.75) is 25.8 Å². The Balaban J connectivity index is 2.34. The van der Waals surface area contributed by atoms with E-state index in [1.807, 2.05) is 12.3 Å². The van der Waals surface area contributed by atoms with Gasteiger partial charge in [0.25, 0.3) is 0 Å². The second-order valence-electron chi connectivity index (χ2n) is 6.29. The zero-order chi connectivity index (χ0) is 15.7. The molecule has 0 aliphatic rings. The van der Waals surface area contributed by atoms with Crippen molar-refractivity contribution in [2.75, 3.05) is 6.66 Å². The molecule has 2 heterocycles.